The lowest BCUT2D eigenvalue weighted by molar-refractivity contribution is -0.223. The Hall–Kier alpha value is -2.20. The molecule has 4 rings (SSSR count). The number of carbonyl (C=O) groups excluding carboxylic acids is 2. The lowest BCUT2D eigenvalue weighted by Gasteiger charge is -2.57. The van der Waals surface area contributed by atoms with E-state index in [1.54, 1.807) is 24.3 Å². The smallest absolute Gasteiger partial charge is 0.337 e. The lowest BCUT2D eigenvalue weighted by Crippen LogP contribution is -2.71. The van der Waals surface area contributed by atoms with E-state index < -0.39 is 54.3 Å². The van der Waals surface area contributed by atoms with Crippen molar-refractivity contribution in [1.82, 2.24) is 14.7 Å². The van der Waals surface area contributed by atoms with Crippen LogP contribution >= 0.6 is 11.6 Å². The van der Waals surface area contributed by atoms with Crippen molar-refractivity contribution in [2.75, 3.05) is 45.8 Å². The summed E-state index contributed by atoms with van der Waals surface area (Å²) in [6.07, 6.45) is -3.37. The second-order valence-corrected chi connectivity index (χ2v) is 9.84. The molecule has 1 aromatic carbocycles. The first kappa shape index (κ1) is 24.9. The van der Waals surface area contributed by atoms with Gasteiger partial charge in [0, 0.05) is 43.7 Å². The Morgan fingerprint density at radius 3 is 2.38 bits per heavy atom. The molecule has 0 N–H and O–H groups in total. The molecule has 3 aliphatic heterocycles. The molecule has 34 heavy (non-hydrogen) atoms. The monoisotopic (exact) mass is 505 g/mol. The summed E-state index contributed by atoms with van der Waals surface area (Å²) in [6.45, 7) is 0.931. The second kappa shape index (κ2) is 8.78. The predicted octanol–water partition coefficient (Wildman–Crippen LogP) is 3.80. The highest BCUT2D eigenvalue weighted by molar-refractivity contribution is 6.31. The number of likely N-dealkylation sites (tertiary alicyclic amines) is 3. The quantitative estimate of drug-likeness (QED) is 0.462. The van der Waals surface area contributed by atoms with Crippen molar-refractivity contribution in [3.8, 4) is 0 Å². The number of nitrogens with zero attached hydrogens (tertiary/aromatic N) is 3. The molecule has 0 aliphatic carbocycles. The number of amides is 2. The van der Waals surface area contributed by atoms with Crippen molar-refractivity contribution < 1.29 is 31.5 Å². The zero-order valence-electron chi connectivity index (χ0n) is 18.3. The third-order valence-electron chi connectivity index (χ3n) is 7.23. The first-order chi connectivity index (χ1) is 15.9. The minimum absolute atomic E-state index is 0.00239. The summed E-state index contributed by atoms with van der Waals surface area (Å²) in [5, 5.41) is 0.323. The molecule has 1 aromatic rings. The highest BCUT2D eigenvalue weighted by Gasteiger charge is 2.64. The molecule has 1 spiro atoms. The normalized spacial score (nSPS) is 26.4. The maximum absolute atomic E-state index is 15.2. The predicted molar refractivity (Wildman–Crippen MR) is 116 cm³/mol. The van der Waals surface area contributed by atoms with Crippen LogP contribution in [-0.2, 0) is 9.59 Å². The molecule has 3 saturated heterocycles. The van der Waals surface area contributed by atoms with Gasteiger partial charge in [-0.25, -0.2) is 8.78 Å². The Morgan fingerprint density at radius 1 is 1.12 bits per heavy atom. The van der Waals surface area contributed by atoms with Gasteiger partial charge in [0.1, 0.15) is 0 Å². The Kier molecular flexibility index (Phi) is 6.44. The summed E-state index contributed by atoms with van der Waals surface area (Å²) in [4.78, 5) is 28.6. The number of alkyl halides is 5. The van der Waals surface area contributed by atoms with Gasteiger partial charge in [0.05, 0.1) is 24.4 Å². The van der Waals surface area contributed by atoms with Gasteiger partial charge < -0.3 is 9.80 Å². The Morgan fingerprint density at radius 2 is 1.79 bits per heavy atom. The van der Waals surface area contributed by atoms with E-state index in [0.29, 0.717) is 10.6 Å². The summed E-state index contributed by atoms with van der Waals surface area (Å²) in [6, 6.07) is 6.61. The maximum Gasteiger partial charge on any atom is 0.401 e. The van der Waals surface area contributed by atoms with E-state index >= 15 is 8.78 Å². The van der Waals surface area contributed by atoms with Gasteiger partial charge in [-0.15, -0.1) is 0 Å². The molecule has 0 bridgehead atoms. The van der Waals surface area contributed by atoms with Gasteiger partial charge in [0.25, 0.3) is 5.92 Å². The van der Waals surface area contributed by atoms with E-state index in [1.165, 1.54) is 4.90 Å². The van der Waals surface area contributed by atoms with Crippen LogP contribution in [0, 0.1) is 11.3 Å². The zero-order chi connectivity index (χ0) is 24.9. The molecule has 11 heteroatoms. The summed E-state index contributed by atoms with van der Waals surface area (Å²) in [7, 11) is 0. The largest absolute Gasteiger partial charge is 0.401 e. The van der Waals surface area contributed by atoms with E-state index in [4.69, 9.17) is 11.6 Å². The summed E-state index contributed by atoms with van der Waals surface area (Å²) in [5.41, 5.74) is -0.868. The Balaban J connectivity index is 1.52. The van der Waals surface area contributed by atoms with Gasteiger partial charge >= 0.3 is 6.18 Å². The second-order valence-electron chi connectivity index (χ2n) is 9.44. The molecule has 0 unspecified atom stereocenters. The van der Waals surface area contributed by atoms with E-state index in [9.17, 15) is 22.8 Å². The first-order valence-corrected chi connectivity index (χ1v) is 11.4. The van der Waals surface area contributed by atoms with Crippen LogP contribution in [0.25, 0.3) is 0 Å². The van der Waals surface area contributed by atoms with Crippen molar-refractivity contribution >= 4 is 23.4 Å². The van der Waals surface area contributed by atoms with E-state index in [0.717, 1.165) is 15.9 Å². The topological polar surface area (TPSA) is 43.9 Å². The molecule has 5 nitrogen and oxygen atoms in total. The summed E-state index contributed by atoms with van der Waals surface area (Å²) < 4.78 is 69.5. The number of piperidine rings is 1. The van der Waals surface area contributed by atoms with Crippen molar-refractivity contribution in [2.45, 2.75) is 24.4 Å². The minimum Gasteiger partial charge on any atom is -0.337 e. The van der Waals surface area contributed by atoms with Crippen molar-refractivity contribution in [2.24, 2.45) is 11.3 Å². The molecule has 3 aliphatic rings. The molecule has 2 atom stereocenters. The average Bonchev–Trinajstić information content (AvgIpc) is 3.12. The third-order valence-corrected chi connectivity index (χ3v) is 7.58. The highest BCUT2D eigenvalue weighted by Crippen LogP contribution is 2.51. The standard InChI is InChI=1S/C23H25ClF5N3O2/c1-2-19(33)32-11-21(12-32)7-8-31(13-22(21,25)26)20(34)17-10-30(14-23(27,28)29)9-16(17)15-5-3-4-6-18(15)24/h2-6,16-17H,1,7-14H2/t16-,17-/m0/s1. The van der Waals surface area contributed by atoms with Crippen LogP contribution in [0.2, 0.25) is 5.02 Å². The molecule has 3 heterocycles. The van der Waals surface area contributed by atoms with Gasteiger partial charge in [-0.2, -0.15) is 13.2 Å². The van der Waals surface area contributed by atoms with Gasteiger partial charge in [0.15, 0.2) is 0 Å². The van der Waals surface area contributed by atoms with Crippen LogP contribution in [0.4, 0.5) is 22.0 Å². The number of halogens is 6. The maximum atomic E-state index is 15.2. The van der Waals surface area contributed by atoms with Gasteiger partial charge in [-0.3, -0.25) is 14.5 Å². The fourth-order valence-electron chi connectivity index (χ4n) is 5.41. The van der Waals surface area contributed by atoms with Crippen molar-refractivity contribution in [3.05, 3.63) is 47.5 Å². The van der Waals surface area contributed by atoms with E-state index in [-0.39, 0.29) is 39.1 Å². The average molecular weight is 506 g/mol. The number of rotatable bonds is 4. The molecular weight excluding hydrogens is 481 g/mol. The Bertz CT molecular complexity index is 980. The van der Waals surface area contributed by atoms with Crippen LogP contribution in [0.15, 0.2) is 36.9 Å². The van der Waals surface area contributed by atoms with Crippen LogP contribution in [0.3, 0.4) is 0 Å². The lowest BCUT2D eigenvalue weighted by atomic mass is 9.69. The van der Waals surface area contributed by atoms with Crippen LogP contribution in [0.1, 0.15) is 17.9 Å². The number of hydrogen-bond donors (Lipinski definition) is 0. The first-order valence-electron chi connectivity index (χ1n) is 11.0. The molecule has 186 valence electrons. The number of benzene rings is 1. The molecule has 0 saturated carbocycles. The zero-order valence-corrected chi connectivity index (χ0v) is 19.1. The van der Waals surface area contributed by atoms with Gasteiger partial charge in [-0.1, -0.05) is 36.4 Å². The number of hydrogen-bond acceptors (Lipinski definition) is 3. The van der Waals surface area contributed by atoms with Crippen LogP contribution in [0.5, 0.6) is 0 Å². The Labute approximate surface area is 199 Å². The molecule has 0 aromatic heterocycles. The summed E-state index contributed by atoms with van der Waals surface area (Å²) in [5.74, 6) is -5.81. The van der Waals surface area contributed by atoms with Crippen molar-refractivity contribution in [3.63, 3.8) is 0 Å². The van der Waals surface area contributed by atoms with Crippen molar-refractivity contribution in [1.29, 1.82) is 0 Å². The van der Waals surface area contributed by atoms with Crippen LogP contribution < -0.4 is 0 Å². The van der Waals surface area contributed by atoms with E-state index in [1.807, 2.05) is 0 Å². The molecule has 3 fully saturated rings. The SMILES string of the molecule is C=CC(=O)N1CC2(CCN(C(=O)[C@H]3CN(CC(F)(F)F)C[C@H]3c3ccccc3Cl)CC2(F)F)C1. The summed E-state index contributed by atoms with van der Waals surface area (Å²) >= 11 is 6.28. The molecule has 2 amide bonds. The third kappa shape index (κ3) is 4.54. The minimum atomic E-state index is -4.45. The fourth-order valence-corrected chi connectivity index (χ4v) is 5.68. The van der Waals surface area contributed by atoms with Gasteiger partial charge in [0.2, 0.25) is 11.8 Å². The molecular formula is C23H25ClF5N3O2. The number of carbonyl (C=O) groups is 2. The van der Waals surface area contributed by atoms with E-state index in [2.05, 4.69) is 6.58 Å². The van der Waals surface area contributed by atoms with Gasteiger partial charge in [-0.05, 0) is 24.1 Å². The van der Waals surface area contributed by atoms with Crippen LogP contribution in [-0.4, -0.2) is 84.4 Å². The fraction of sp³-hybridized carbons (Fsp3) is 0.565. The molecule has 0 radical (unpaired) electrons. The highest BCUT2D eigenvalue weighted by atomic mass is 35.5.